The molecule has 2 unspecified atom stereocenters. The van der Waals surface area contributed by atoms with Crippen molar-refractivity contribution in [2.75, 3.05) is 47.5 Å². The highest BCUT2D eigenvalue weighted by atomic mass is 16.7. The summed E-state index contributed by atoms with van der Waals surface area (Å²) in [5.41, 5.74) is 0. The van der Waals surface area contributed by atoms with Gasteiger partial charge in [-0.15, -0.1) is 0 Å². The van der Waals surface area contributed by atoms with Gasteiger partial charge in [0.2, 0.25) is 0 Å². The first-order valence-corrected chi connectivity index (χ1v) is 21.4. The number of carbonyl (C=O) groups is 3. The molecule has 316 valence electrons. The highest BCUT2D eigenvalue weighted by Gasteiger charge is 2.21. The molecule has 0 heterocycles. The molecule has 0 aromatic heterocycles. The van der Waals surface area contributed by atoms with Crippen LogP contribution in [-0.2, 0) is 33.3 Å². The van der Waals surface area contributed by atoms with Crippen molar-refractivity contribution in [1.82, 2.24) is 0 Å². The quantitative estimate of drug-likeness (QED) is 0.0201. The summed E-state index contributed by atoms with van der Waals surface area (Å²) in [7, 11) is 5.89. The zero-order valence-corrected chi connectivity index (χ0v) is 35.5. The summed E-state index contributed by atoms with van der Waals surface area (Å²) in [4.78, 5) is 36.7. The van der Waals surface area contributed by atoms with Crippen LogP contribution < -0.4 is 5.11 Å². The number of aliphatic carboxylic acids is 1. The first kappa shape index (κ1) is 52.0. The van der Waals surface area contributed by atoms with Crippen molar-refractivity contribution in [3.8, 4) is 0 Å². The fourth-order valence-corrected chi connectivity index (χ4v) is 5.44. The molecule has 2 atom stereocenters. The van der Waals surface area contributed by atoms with Gasteiger partial charge in [0.05, 0.1) is 40.3 Å². The van der Waals surface area contributed by atoms with Gasteiger partial charge in [-0.3, -0.25) is 9.59 Å². The number of carboxylic acids is 1. The molecule has 0 saturated carbocycles. The number of allylic oxidation sites excluding steroid dienone is 10. The van der Waals surface area contributed by atoms with Gasteiger partial charge in [-0.2, -0.15) is 0 Å². The van der Waals surface area contributed by atoms with Gasteiger partial charge < -0.3 is 33.3 Å². The van der Waals surface area contributed by atoms with Crippen molar-refractivity contribution < 1.29 is 42.9 Å². The molecule has 0 N–H and O–H groups in total. The highest BCUT2D eigenvalue weighted by molar-refractivity contribution is 5.70. The Hall–Kier alpha value is -3.01. The van der Waals surface area contributed by atoms with Crippen LogP contribution in [0.2, 0.25) is 0 Å². The van der Waals surface area contributed by atoms with Crippen molar-refractivity contribution in [2.45, 2.75) is 167 Å². The van der Waals surface area contributed by atoms with E-state index in [1.165, 1.54) is 44.9 Å². The summed E-state index contributed by atoms with van der Waals surface area (Å²) in [6.07, 6.45) is 41.3. The van der Waals surface area contributed by atoms with Gasteiger partial charge in [-0.25, -0.2) is 0 Å². The van der Waals surface area contributed by atoms with Gasteiger partial charge >= 0.3 is 11.9 Å². The van der Waals surface area contributed by atoms with Crippen molar-refractivity contribution >= 4 is 17.9 Å². The Labute approximate surface area is 335 Å². The molecule has 0 bridgehead atoms. The molecular formula is C46H79NO8. The second-order valence-electron chi connectivity index (χ2n) is 15.3. The summed E-state index contributed by atoms with van der Waals surface area (Å²) in [5, 5.41) is 11.6. The maximum atomic E-state index is 12.7. The number of unbranched alkanes of at least 4 members (excludes halogenated alkanes) is 13. The molecule has 0 aliphatic heterocycles. The summed E-state index contributed by atoms with van der Waals surface area (Å²) >= 11 is 0. The van der Waals surface area contributed by atoms with Gasteiger partial charge in [0.1, 0.15) is 13.2 Å². The number of carbonyl (C=O) groups excluding carboxylic acids is 3. The topological polar surface area (TPSA) is 111 Å². The van der Waals surface area contributed by atoms with Gasteiger partial charge in [-0.1, -0.05) is 145 Å². The number of ether oxygens (including phenoxy) is 4. The lowest BCUT2D eigenvalue weighted by Crippen LogP contribution is -2.44. The van der Waals surface area contributed by atoms with E-state index in [1.807, 2.05) is 21.1 Å². The second-order valence-corrected chi connectivity index (χ2v) is 15.3. The molecule has 55 heavy (non-hydrogen) atoms. The molecule has 0 fully saturated rings. The molecule has 9 nitrogen and oxygen atoms in total. The lowest BCUT2D eigenvalue weighted by molar-refractivity contribution is -0.870. The fraction of sp³-hybridized carbons (Fsp3) is 0.717. The van der Waals surface area contributed by atoms with Gasteiger partial charge in [-0.05, 0) is 57.8 Å². The number of esters is 2. The third-order valence-electron chi connectivity index (χ3n) is 8.78. The summed E-state index contributed by atoms with van der Waals surface area (Å²) < 4.78 is 22.4. The van der Waals surface area contributed by atoms with E-state index in [-0.39, 0.29) is 38.6 Å². The molecule has 0 spiro atoms. The highest BCUT2D eigenvalue weighted by Crippen LogP contribution is 2.13. The normalized spacial score (nSPS) is 13.5. The van der Waals surface area contributed by atoms with Crippen molar-refractivity contribution in [3.05, 3.63) is 60.8 Å². The molecule has 0 aromatic rings. The van der Waals surface area contributed by atoms with Crippen LogP contribution in [0, 0.1) is 0 Å². The van der Waals surface area contributed by atoms with Crippen LogP contribution in [0.25, 0.3) is 0 Å². The number of carboxylic acid groups (broad SMARTS) is 1. The minimum absolute atomic E-state index is 0.143. The number of hydrogen-bond donors (Lipinski definition) is 0. The van der Waals surface area contributed by atoms with E-state index in [1.54, 1.807) is 0 Å². The lowest BCUT2D eigenvalue weighted by atomic mass is 10.1. The van der Waals surface area contributed by atoms with Crippen LogP contribution in [0.4, 0.5) is 0 Å². The molecule has 0 aliphatic rings. The predicted octanol–water partition coefficient (Wildman–Crippen LogP) is 9.66. The summed E-state index contributed by atoms with van der Waals surface area (Å²) in [6, 6.07) is 0. The minimum atomic E-state index is -1.62. The minimum Gasteiger partial charge on any atom is -0.545 e. The fourth-order valence-electron chi connectivity index (χ4n) is 5.44. The average molecular weight is 774 g/mol. The zero-order valence-electron chi connectivity index (χ0n) is 35.5. The predicted molar refractivity (Wildman–Crippen MR) is 223 cm³/mol. The summed E-state index contributed by atoms with van der Waals surface area (Å²) in [5.74, 6) is -2.32. The largest absolute Gasteiger partial charge is 0.545 e. The molecular weight excluding hydrogens is 695 g/mol. The van der Waals surface area contributed by atoms with E-state index < -0.39 is 24.3 Å². The van der Waals surface area contributed by atoms with Crippen molar-refractivity contribution in [1.29, 1.82) is 0 Å². The van der Waals surface area contributed by atoms with Gasteiger partial charge in [0.15, 0.2) is 12.4 Å². The van der Waals surface area contributed by atoms with Crippen LogP contribution in [0.3, 0.4) is 0 Å². The lowest BCUT2D eigenvalue weighted by Gasteiger charge is -2.26. The third-order valence-corrected chi connectivity index (χ3v) is 8.78. The monoisotopic (exact) mass is 774 g/mol. The van der Waals surface area contributed by atoms with Crippen LogP contribution in [-0.4, -0.2) is 82.3 Å². The Morgan fingerprint density at radius 3 is 1.55 bits per heavy atom. The molecule has 0 saturated heterocycles. The summed E-state index contributed by atoms with van der Waals surface area (Å²) in [6.45, 7) is 4.54. The smallest absolute Gasteiger partial charge is 0.306 e. The van der Waals surface area contributed by atoms with E-state index in [0.717, 1.165) is 77.0 Å². The third kappa shape index (κ3) is 39.0. The number of hydrogen-bond acceptors (Lipinski definition) is 8. The molecule has 9 heteroatoms. The van der Waals surface area contributed by atoms with E-state index >= 15 is 0 Å². The van der Waals surface area contributed by atoms with E-state index in [9.17, 15) is 19.5 Å². The Bertz CT molecular complexity index is 1090. The Kier molecular flexibility index (Phi) is 35.8. The van der Waals surface area contributed by atoms with Crippen LogP contribution in [0.15, 0.2) is 60.8 Å². The molecule has 0 rings (SSSR count). The molecule has 0 aromatic carbocycles. The maximum absolute atomic E-state index is 12.7. The SMILES string of the molecule is CC/C=C\C/C=C\C/C=C\C/C=C\C/C=C\CCCCCCCCCC(=O)OC(COC(=O)CCCCCCCCC)COC(OCC[N+](C)(C)C)C(=O)[O-]. The van der Waals surface area contributed by atoms with Crippen LogP contribution in [0.1, 0.15) is 155 Å². The van der Waals surface area contributed by atoms with Gasteiger partial charge in [0, 0.05) is 12.8 Å². The number of likely N-dealkylation sites (N-methyl/N-ethyl adjacent to an activating group) is 1. The first-order chi connectivity index (χ1) is 26.6. The Morgan fingerprint density at radius 2 is 1.04 bits per heavy atom. The Balaban J connectivity index is 4.34. The van der Waals surface area contributed by atoms with Crippen LogP contribution >= 0.6 is 0 Å². The maximum Gasteiger partial charge on any atom is 0.306 e. The number of nitrogens with zero attached hydrogens (tertiary/aromatic N) is 1. The van der Waals surface area contributed by atoms with Crippen molar-refractivity contribution in [2.24, 2.45) is 0 Å². The van der Waals surface area contributed by atoms with E-state index in [2.05, 4.69) is 74.6 Å². The van der Waals surface area contributed by atoms with E-state index in [4.69, 9.17) is 18.9 Å². The van der Waals surface area contributed by atoms with Crippen LogP contribution in [0.5, 0.6) is 0 Å². The molecule has 0 aliphatic carbocycles. The number of quaternary nitrogens is 1. The molecule has 0 radical (unpaired) electrons. The van der Waals surface area contributed by atoms with E-state index in [0.29, 0.717) is 17.4 Å². The standard InChI is InChI=1S/C46H79NO8/c1-6-8-10-12-14-15-16-17-18-19-20-21-22-23-24-25-26-27-28-29-31-33-35-37-44(49)55-42(40-53-43(48)36-34-32-30-13-11-9-7-2)41-54-46(45(50)51)52-39-38-47(3,4)5/h8,10,14-15,17-18,20-21,23-24,42,46H,6-7,9,11-13,16,19,22,25-41H2,1-5H3/b10-8-,15-14-,18-17-,21-20-,24-23-. The molecule has 0 amide bonds. The number of rotatable bonds is 38. The van der Waals surface area contributed by atoms with Gasteiger partial charge in [0.25, 0.3) is 0 Å². The average Bonchev–Trinajstić information content (AvgIpc) is 3.14. The Morgan fingerprint density at radius 1 is 0.564 bits per heavy atom. The second kappa shape index (κ2) is 37.9. The van der Waals surface area contributed by atoms with Crippen molar-refractivity contribution in [3.63, 3.8) is 0 Å². The zero-order chi connectivity index (χ0) is 40.7. The first-order valence-electron chi connectivity index (χ1n) is 21.4.